The van der Waals surface area contributed by atoms with Gasteiger partial charge in [0.1, 0.15) is 0 Å². The second-order valence-electron chi connectivity index (χ2n) is 5.00. The number of benzene rings is 2. The summed E-state index contributed by atoms with van der Waals surface area (Å²) in [5.74, 6) is 0. The summed E-state index contributed by atoms with van der Waals surface area (Å²) in [6, 6.07) is 12.8. The quantitative estimate of drug-likeness (QED) is 0.775. The highest BCUT2D eigenvalue weighted by Crippen LogP contribution is 2.31. The van der Waals surface area contributed by atoms with E-state index in [9.17, 15) is 0 Å². The molecule has 2 rings (SSSR count). The van der Waals surface area contributed by atoms with Crippen LogP contribution in [0.5, 0.6) is 0 Å². The highest BCUT2D eigenvalue weighted by molar-refractivity contribution is 9.10. The summed E-state index contributed by atoms with van der Waals surface area (Å²) in [6.07, 6.45) is 0. The first-order valence-electron chi connectivity index (χ1n) is 6.78. The minimum Gasteiger partial charge on any atom is -0.306 e. The lowest BCUT2D eigenvalue weighted by Gasteiger charge is -2.21. The lowest BCUT2D eigenvalue weighted by molar-refractivity contribution is 0.628. The van der Waals surface area contributed by atoms with E-state index in [0.717, 1.165) is 16.0 Å². The predicted molar refractivity (Wildman–Crippen MR) is 90.6 cm³/mol. The van der Waals surface area contributed by atoms with Crippen LogP contribution in [-0.4, -0.2) is 6.54 Å². The number of hydrogen-bond acceptors (Lipinski definition) is 1. The molecule has 0 spiro atoms. The van der Waals surface area contributed by atoms with Gasteiger partial charge in [0.05, 0.1) is 6.04 Å². The molecule has 0 heterocycles. The van der Waals surface area contributed by atoms with Gasteiger partial charge in [-0.05, 0) is 54.8 Å². The molecule has 1 nitrogen and oxygen atoms in total. The van der Waals surface area contributed by atoms with Crippen molar-refractivity contribution in [3.63, 3.8) is 0 Å². The van der Waals surface area contributed by atoms with Crippen LogP contribution >= 0.6 is 27.5 Å². The lowest BCUT2D eigenvalue weighted by Crippen LogP contribution is -2.22. The first-order chi connectivity index (χ1) is 9.52. The first-order valence-corrected chi connectivity index (χ1v) is 7.95. The molecule has 0 radical (unpaired) electrons. The maximum absolute atomic E-state index is 6.04. The summed E-state index contributed by atoms with van der Waals surface area (Å²) in [5.41, 5.74) is 5.12. The molecular weight excluding hydrogens is 334 g/mol. The van der Waals surface area contributed by atoms with Crippen LogP contribution in [0, 0.1) is 13.8 Å². The Kier molecular flexibility index (Phi) is 5.25. The number of hydrogen-bond donors (Lipinski definition) is 1. The van der Waals surface area contributed by atoms with Crippen molar-refractivity contribution in [2.24, 2.45) is 0 Å². The van der Waals surface area contributed by atoms with E-state index in [1.165, 1.54) is 22.3 Å². The van der Waals surface area contributed by atoms with Crippen LogP contribution < -0.4 is 5.32 Å². The van der Waals surface area contributed by atoms with Crippen molar-refractivity contribution in [1.29, 1.82) is 0 Å². The third-order valence-corrected chi connectivity index (χ3v) is 4.47. The Bertz CT molecular complexity index is 610. The summed E-state index contributed by atoms with van der Waals surface area (Å²) in [5, 5.41) is 4.30. The molecule has 0 bridgehead atoms. The van der Waals surface area contributed by atoms with Crippen molar-refractivity contribution in [3.8, 4) is 0 Å². The SMILES string of the molecule is CCNC(c1ccc(C)c(C)c1)c1ccc(Cl)cc1Br. The molecule has 20 heavy (non-hydrogen) atoms. The zero-order valence-electron chi connectivity index (χ0n) is 12.0. The molecule has 0 aliphatic rings. The topological polar surface area (TPSA) is 12.0 Å². The molecule has 3 heteroatoms. The van der Waals surface area contributed by atoms with Crippen LogP contribution in [0.15, 0.2) is 40.9 Å². The standard InChI is InChI=1S/C17H19BrClN/c1-4-20-17(13-6-5-11(2)12(3)9-13)15-8-7-14(19)10-16(15)18/h5-10,17,20H,4H2,1-3H3. The van der Waals surface area contributed by atoms with E-state index in [0.29, 0.717) is 0 Å². The van der Waals surface area contributed by atoms with Crippen molar-refractivity contribution < 1.29 is 0 Å². The van der Waals surface area contributed by atoms with Crippen molar-refractivity contribution in [3.05, 3.63) is 68.1 Å². The normalized spacial score (nSPS) is 12.4. The Balaban J connectivity index is 2.47. The third-order valence-electron chi connectivity index (χ3n) is 3.55. The van der Waals surface area contributed by atoms with E-state index >= 15 is 0 Å². The Morgan fingerprint density at radius 1 is 1.10 bits per heavy atom. The van der Waals surface area contributed by atoms with Gasteiger partial charge in [-0.15, -0.1) is 0 Å². The zero-order chi connectivity index (χ0) is 14.7. The van der Waals surface area contributed by atoms with Crippen molar-refractivity contribution in [1.82, 2.24) is 5.32 Å². The van der Waals surface area contributed by atoms with Crippen LogP contribution in [0.2, 0.25) is 5.02 Å². The Labute approximate surface area is 134 Å². The maximum Gasteiger partial charge on any atom is 0.0587 e. The van der Waals surface area contributed by atoms with Gasteiger partial charge in [0, 0.05) is 9.50 Å². The van der Waals surface area contributed by atoms with Crippen LogP contribution in [0.3, 0.4) is 0 Å². The van der Waals surface area contributed by atoms with E-state index in [2.05, 4.69) is 66.3 Å². The molecule has 0 amide bonds. The highest BCUT2D eigenvalue weighted by Gasteiger charge is 2.16. The molecule has 0 aromatic heterocycles. The molecule has 0 saturated carbocycles. The van der Waals surface area contributed by atoms with Crippen molar-refractivity contribution in [2.45, 2.75) is 26.8 Å². The van der Waals surface area contributed by atoms with Gasteiger partial charge < -0.3 is 5.32 Å². The van der Waals surface area contributed by atoms with Gasteiger partial charge in [-0.2, -0.15) is 0 Å². The van der Waals surface area contributed by atoms with Crippen LogP contribution in [-0.2, 0) is 0 Å². The lowest BCUT2D eigenvalue weighted by atomic mass is 9.95. The predicted octanol–water partition coefficient (Wildman–Crippen LogP) is 5.42. The summed E-state index contributed by atoms with van der Waals surface area (Å²) < 4.78 is 1.04. The van der Waals surface area contributed by atoms with Crippen LogP contribution in [0.25, 0.3) is 0 Å². The Morgan fingerprint density at radius 2 is 1.85 bits per heavy atom. The molecule has 1 atom stereocenters. The monoisotopic (exact) mass is 351 g/mol. The van der Waals surface area contributed by atoms with Gasteiger partial charge >= 0.3 is 0 Å². The van der Waals surface area contributed by atoms with Gasteiger partial charge in [0.15, 0.2) is 0 Å². The molecule has 0 fully saturated rings. The fourth-order valence-corrected chi connectivity index (χ4v) is 3.20. The molecule has 1 N–H and O–H groups in total. The van der Waals surface area contributed by atoms with Crippen molar-refractivity contribution in [2.75, 3.05) is 6.54 Å². The fourth-order valence-electron chi connectivity index (χ4n) is 2.29. The third kappa shape index (κ3) is 3.43. The maximum atomic E-state index is 6.04. The van der Waals surface area contributed by atoms with Crippen LogP contribution in [0.4, 0.5) is 0 Å². The second-order valence-corrected chi connectivity index (χ2v) is 6.29. The number of nitrogens with one attached hydrogen (secondary N) is 1. The van der Waals surface area contributed by atoms with E-state index < -0.39 is 0 Å². The van der Waals surface area contributed by atoms with Gasteiger partial charge in [-0.3, -0.25) is 0 Å². The molecule has 0 aliphatic carbocycles. The largest absolute Gasteiger partial charge is 0.306 e. The molecule has 2 aromatic rings. The highest BCUT2D eigenvalue weighted by atomic mass is 79.9. The summed E-state index contributed by atoms with van der Waals surface area (Å²) >= 11 is 9.66. The Hall–Kier alpha value is -0.830. The molecule has 2 aromatic carbocycles. The summed E-state index contributed by atoms with van der Waals surface area (Å²) in [6.45, 7) is 7.32. The first kappa shape index (κ1) is 15.6. The average Bonchev–Trinajstić information content (AvgIpc) is 2.40. The van der Waals surface area contributed by atoms with Gasteiger partial charge in [0.2, 0.25) is 0 Å². The molecule has 106 valence electrons. The smallest absolute Gasteiger partial charge is 0.0587 e. The van der Waals surface area contributed by atoms with E-state index in [-0.39, 0.29) is 6.04 Å². The number of halogens is 2. The second kappa shape index (κ2) is 6.75. The number of aryl methyl sites for hydroxylation is 2. The fraction of sp³-hybridized carbons (Fsp3) is 0.294. The minimum absolute atomic E-state index is 0.172. The average molecular weight is 353 g/mol. The summed E-state index contributed by atoms with van der Waals surface area (Å²) in [7, 11) is 0. The minimum atomic E-state index is 0.172. The van der Waals surface area contributed by atoms with Gasteiger partial charge in [-0.1, -0.05) is 58.7 Å². The summed E-state index contributed by atoms with van der Waals surface area (Å²) in [4.78, 5) is 0. The Morgan fingerprint density at radius 3 is 2.45 bits per heavy atom. The molecule has 0 saturated heterocycles. The van der Waals surface area contributed by atoms with Crippen molar-refractivity contribution >= 4 is 27.5 Å². The van der Waals surface area contributed by atoms with E-state index in [1.807, 2.05) is 12.1 Å². The van der Waals surface area contributed by atoms with Gasteiger partial charge in [0.25, 0.3) is 0 Å². The van der Waals surface area contributed by atoms with Crippen LogP contribution in [0.1, 0.15) is 35.2 Å². The number of rotatable bonds is 4. The van der Waals surface area contributed by atoms with Gasteiger partial charge in [-0.25, -0.2) is 0 Å². The molecular formula is C17H19BrClN. The molecule has 1 unspecified atom stereocenters. The zero-order valence-corrected chi connectivity index (χ0v) is 14.3. The van der Waals surface area contributed by atoms with E-state index in [4.69, 9.17) is 11.6 Å². The molecule has 0 aliphatic heterocycles. The van der Waals surface area contributed by atoms with E-state index in [1.54, 1.807) is 0 Å².